The van der Waals surface area contributed by atoms with E-state index in [1.807, 2.05) is 0 Å². The summed E-state index contributed by atoms with van der Waals surface area (Å²) in [5.74, 6) is -0.169. The summed E-state index contributed by atoms with van der Waals surface area (Å²) < 4.78 is 0. The Morgan fingerprint density at radius 2 is 2.18 bits per heavy atom. The van der Waals surface area contributed by atoms with Crippen molar-refractivity contribution < 1.29 is 4.79 Å². The first-order valence-corrected chi connectivity index (χ1v) is 7.66. The fourth-order valence-corrected chi connectivity index (χ4v) is 2.67. The molecule has 0 saturated carbocycles. The number of nitrogens with one attached hydrogen (secondary N) is 1. The van der Waals surface area contributed by atoms with Gasteiger partial charge in [0, 0.05) is 45.6 Å². The van der Waals surface area contributed by atoms with Gasteiger partial charge in [0.05, 0.1) is 5.57 Å². The third-order valence-electron chi connectivity index (χ3n) is 3.86. The van der Waals surface area contributed by atoms with Gasteiger partial charge < -0.3 is 11.1 Å². The minimum Gasteiger partial charge on any atom is -0.404 e. The van der Waals surface area contributed by atoms with Crippen molar-refractivity contribution in [2.75, 3.05) is 26.7 Å². The molecule has 0 radical (unpaired) electrons. The molecule has 0 spiro atoms. The summed E-state index contributed by atoms with van der Waals surface area (Å²) in [6.07, 6.45) is 4.78. The highest BCUT2D eigenvalue weighted by molar-refractivity contribution is 6.11. The summed E-state index contributed by atoms with van der Waals surface area (Å²) >= 11 is 0. The molecule has 0 fully saturated rings. The summed E-state index contributed by atoms with van der Waals surface area (Å²) in [5, 5.41) is 2.87. The van der Waals surface area contributed by atoms with Crippen molar-refractivity contribution >= 4 is 12.1 Å². The summed E-state index contributed by atoms with van der Waals surface area (Å²) in [6, 6.07) is 8.61. The number of nitrogens with zero attached hydrogens (tertiary/aromatic N) is 2. The first kappa shape index (κ1) is 16.2. The number of nitrogens with two attached hydrogens (primary N) is 1. The van der Waals surface area contributed by atoms with E-state index in [0.29, 0.717) is 12.1 Å². The third-order valence-corrected chi connectivity index (χ3v) is 3.86. The number of hydrogen-bond acceptors (Lipinski definition) is 4. The van der Waals surface area contributed by atoms with Gasteiger partial charge in [-0.2, -0.15) is 0 Å². The molecular weight excluding hydrogens is 276 g/mol. The molecule has 0 aromatic heterocycles. The minimum absolute atomic E-state index is 0.169. The monoisotopic (exact) mass is 300 g/mol. The van der Waals surface area contributed by atoms with Crippen molar-refractivity contribution in [1.29, 1.82) is 0 Å². The lowest BCUT2D eigenvalue weighted by Crippen LogP contribution is -2.34. The number of hydrogen-bond donors (Lipinski definition) is 2. The number of benzene rings is 1. The first-order valence-electron chi connectivity index (χ1n) is 7.66. The van der Waals surface area contributed by atoms with Crippen molar-refractivity contribution in [3.63, 3.8) is 0 Å². The van der Waals surface area contributed by atoms with E-state index in [2.05, 4.69) is 39.5 Å². The van der Waals surface area contributed by atoms with Crippen LogP contribution in [-0.2, 0) is 17.8 Å². The number of aliphatic imine (C=N–C) groups is 1. The number of rotatable bonds is 6. The molecule has 0 aliphatic carbocycles. The molecule has 1 aromatic carbocycles. The predicted octanol–water partition coefficient (Wildman–Crippen LogP) is 1.09. The van der Waals surface area contributed by atoms with Gasteiger partial charge in [-0.3, -0.25) is 14.7 Å². The molecule has 5 nitrogen and oxygen atoms in total. The van der Waals surface area contributed by atoms with E-state index in [1.54, 1.807) is 7.05 Å². The largest absolute Gasteiger partial charge is 0.404 e. The summed E-state index contributed by atoms with van der Waals surface area (Å²) in [6.45, 7) is 3.71. The number of carbonyl (C=O) groups excluding carboxylic acids is 1. The van der Waals surface area contributed by atoms with Crippen LogP contribution in [0.15, 0.2) is 41.0 Å². The van der Waals surface area contributed by atoms with E-state index < -0.39 is 0 Å². The lowest BCUT2D eigenvalue weighted by Gasteiger charge is -2.28. The van der Waals surface area contributed by atoms with Crippen LogP contribution in [0.4, 0.5) is 0 Å². The molecule has 2 rings (SSSR count). The molecule has 118 valence electrons. The van der Waals surface area contributed by atoms with Gasteiger partial charge in [0.1, 0.15) is 0 Å². The molecule has 5 heteroatoms. The highest BCUT2D eigenvalue weighted by Crippen LogP contribution is 2.18. The summed E-state index contributed by atoms with van der Waals surface area (Å²) in [4.78, 5) is 18.1. The maximum absolute atomic E-state index is 11.8. The molecule has 1 amide bonds. The highest BCUT2D eigenvalue weighted by Gasteiger charge is 2.15. The molecule has 1 aliphatic heterocycles. The maximum Gasteiger partial charge on any atom is 0.254 e. The Kier molecular flexibility index (Phi) is 6.15. The van der Waals surface area contributed by atoms with Crippen molar-refractivity contribution in [3.05, 3.63) is 47.2 Å². The van der Waals surface area contributed by atoms with Crippen LogP contribution < -0.4 is 11.1 Å². The molecule has 0 atom stereocenters. The van der Waals surface area contributed by atoms with Crippen LogP contribution in [0.5, 0.6) is 0 Å². The zero-order valence-corrected chi connectivity index (χ0v) is 13.1. The maximum atomic E-state index is 11.8. The topological polar surface area (TPSA) is 70.7 Å². The smallest absolute Gasteiger partial charge is 0.254 e. The van der Waals surface area contributed by atoms with E-state index in [4.69, 9.17) is 5.73 Å². The number of amides is 1. The van der Waals surface area contributed by atoms with E-state index in [-0.39, 0.29) is 5.91 Å². The van der Waals surface area contributed by atoms with Crippen LogP contribution in [0, 0.1) is 0 Å². The van der Waals surface area contributed by atoms with Crippen LogP contribution >= 0.6 is 0 Å². The average Bonchev–Trinajstić information content (AvgIpc) is 2.56. The number of carbonyl (C=O) groups is 1. The van der Waals surface area contributed by atoms with E-state index >= 15 is 0 Å². The van der Waals surface area contributed by atoms with E-state index in [9.17, 15) is 4.79 Å². The Morgan fingerprint density at radius 3 is 2.91 bits per heavy atom. The Hall–Kier alpha value is -2.14. The normalized spacial score (nSPS) is 15.8. The molecule has 0 bridgehead atoms. The first-order chi connectivity index (χ1) is 10.7. The SMILES string of the molecule is C/N=C\C(=C/N)C(=O)NCCCN1CCc2ccccc2C1. The van der Waals surface area contributed by atoms with Crippen molar-refractivity contribution in [2.45, 2.75) is 19.4 Å². The quantitative estimate of drug-likeness (QED) is 0.469. The molecule has 1 aromatic rings. The van der Waals surface area contributed by atoms with Crippen LogP contribution in [0.3, 0.4) is 0 Å². The van der Waals surface area contributed by atoms with Gasteiger partial charge in [0.15, 0.2) is 0 Å². The fourth-order valence-electron chi connectivity index (χ4n) is 2.67. The van der Waals surface area contributed by atoms with Gasteiger partial charge >= 0.3 is 0 Å². The molecule has 22 heavy (non-hydrogen) atoms. The van der Waals surface area contributed by atoms with Crippen LogP contribution in [0.25, 0.3) is 0 Å². The summed E-state index contributed by atoms with van der Waals surface area (Å²) in [7, 11) is 1.62. The summed E-state index contributed by atoms with van der Waals surface area (Å²) in [5.41, 5.74) is 8.68. The van der Waals surface area contributed by atoms with Crippen LogP contribution in [-0.4, -0.2) is 43.7 Å². The van der Waals surface area contributed by atoms with Gasteiger partial charge in [0.2, 0.25) is 0 Å². The molecule has 1 heterocycles. The second-order valence-electron chi connectivity index (χ2n) is 5.41. The van der Waals surface area contributed by atoms with Crippen molar-refractivity contribution in [1.82, 2.24) is 10.2 Å². The van der Waals surface area contributed by atoms with Gasteiger partial charge in [0.25, 0.3) is 5.91 Å². The second kappa shape index (κ2) is 8.34. The van der Waals surface area contributed by atoms with Crippen LogP contribution in [0.2, 0.25) is 0 Å². The molecule has 0 unspecified atom stereocenters. The van der Waals surface area contributed by atoms with Gasteiger partial charge in [-0.15, -0.1) is 0 Å². The van der Waals surface area contributed by atoms with E-state index in [0.717, 1.165) is 32.5 Å². The highest BCUT2D eigenvalue weighted by atomic mass is 16.1. The lowest BCUT2D eigenvalue weighted by molar-refractivity contribution is -0.117. The van der Waals surface area contributed by atoms with Gasteiger partial charge in [-0.25, -0.2) is 0 Å². The molecule has 0 saturated heterocycles. The Labute approximate surface area is 131 Å². The molecular formula is C17H24N4O. The Balaban J connectivity index is 1.71. The zero-order valence-electron chi connectivity index (χ0n) is 13.1. The van der Waals surface area contributed by atoms with Crippen molar-refractivity contribution in [2.24, 2.45) is 10.7 Å². The van der Waals surface area contributed by atoms with Gasteiger partial charge in [-0.1, -0.05) is 24.3 Å². The second-order valence-corrected chi connectivity index (χ2v) is 5.41. The van der Waals surface area contributed by atoms with Crippen LogP contribution in [0.1, 0.15) is 17.5 Å². The van der Waals surface area contributed by atoms with Crippen molar-refractivity contribution in [3.8, 4) is 0 Å². The average molecular weight is 300 g/mol. The Morgan fingerprint density at radius 1 is 1.41 bits per heavy atom. The molecule has 3 N–H and O–H groups in total. The van der Waals surface area contributed by atoms with E-state index in [1.165, 1.54) is 23.5 Å². The van der Waals surface area contributed by atoms with Gasteiger partial charge in [-0.05, 0) is 24.0 Å². The molecule has 1 aliphatic rings. The lowest BCUT2D eigenvalue weighted by atomic mass is 10.00. The Bertz CT molecular complexity index is 566. The predicted molar refractivity (Wildman–Crippen MR) is 89.7 cm³/mol. The zero-order chi connectivity index (χ0) is 15.8. The standard InChI is InChI=1S/C17H24N4O/c1-19-12-16(11-18)17(22)20-8-4-9-21-10-7-14-5-2-3-6-15(14)13-21/h2-3,5-6,11-12H,4,7-10,13,18H2,1H3,(H,20,22)/b16-11+,19-12-. The minimum atomic E-state index is -0.169. The fraction of sp³-hybridized carbons (Fsp3) is 0.412. The third kappa shape index (κ3) is 4.43. The number of fused-ring (bicyclic) bond motifs is 1.